The van der Waals surface area contributed by atoms with Crippen LogP contribution in [0.15, 0.2) is 18.2 Å². The van der Waals surface area contributed by atoms with Crippen LogP contribution in [-0.4, -0.2) is 22.9 Å². The lowest BCUT2D eigenvalue weighted by Crippen LogP contribution is -2.51. The number of rotatable bonds is 4. The molecule has 6 nitrogen and oxygen atoms in total. The van der Waals surface area contributed by atoms with Crippen LogP contribution in [0.5, 0.6) is 0 Å². The minimum Gasteiger partial charge on any atom is -0.350 e. The molecule has 6 heteroatoms. The highest BCUT2D eigenvalue weighted by molar-refractivity contribution is 5.94. The number of carbonyl (C=O) groups excluding carboxylic acids is 1. The quantitative estimate of drug-likeness (QED) is 0.656. The number of nitrogens with one attached hydrogen (secondary N) is 1. The second kappa shape index (κ2) is 6.22. The third-order valence-electron chi connectivity index (χ3n) is 4.11. The summed E-state index contributed by atoms with van der Waals surface area (Å²) < 4.78 is 0. The molecule has 0 atom stereocenters. The molecule has 21 heavy (non-hydrogen) atoms. The molecule has 0 radical (unpaired) electrons. The Hall–Kier alpha value is -1.95. The number of nitrogens with zero attached hydrogens (tertiary/aromatic N) is 1. The molecule has 0 aliphatic heterocycles. The predicted molar refractivity (Wildman–Crippen MR) is 80.2 cm³/mol. The van der Waals surface area contributed by atoms with E-state index < -0.39 is 4.92 Å². The summed E-state index contributed by atoms with van der Waals surface area (Å²) in [6.07, 6.45) is 5.25. The molecule has 0 aromatic heterocycles. The van der Waals surface area contributed by atoms with Gasteiger partial charge in [-0.3, -0.25) is 14.9 Å². The van der Waals surface area contributed by atoms with Gasteiger partial charge >= 0.3 is 0 Å². The summed E-state index contributed by atoms with van der Waals surface area (Å²) in [6, 6.07) is 4.38. The van der Waals surface area contributed by atoms with Crippen molar-refractivity contribution in [2.75, 3.05) is 6.54 Å². The molecule has 3 N–H and O–H groups in total. The Labute approximate surface area is 123 Å². The van der Waals surface area contributed by atoms with Crippen molar-refractivity contribution in [3.8, 4) is 0 Å². The van der Waals surface area contributed by atoms with Crippen LogP contribution in [0.3, 0.4) is 0 Å². The smallest absolute Gasteiger partial charge is 0.272 e. The molecule has 1 saturated carbocycles. The fraction of sp³-hybridized carbons (Fsp3) is 0.533. The number of aryl methyl sites for hydroxylation is 1. The molecule has 2 rings (SSSR count). The summed E-state index contributed by atoms with van der Waals surface area (Å²) in [5, 5.41) is 13.6. The van der Waals surface area contributed by atoms with Gasteiger partial charge in [-0.05, 0) is 31.9 Å². The SMILES string of the molecule is Cc1cc(C(=O)NCC2(N)CCCCC2)ccc1[N+](=O)[O-]. The third kappa shape index (κ3) is 3.78. The molecule has 114 valence electrons. The van der Waals surface area contributed by atoms with Gasteiger partial charge in [0, 0.05) is 29.3 Å². The van der Waals surface area contributed by atoms with Crippen LogP contribution >= 0.6 is 0 Å². The number of nitro benzene ring substituents is 1. The average molecular weight is 291 g/mol. The fourth-order valence-corrected chi connectivity index (χ4v) is 2.79. The number of hydrogen-bond donors (Lipinski definition) is 2. The molecular weight excluding hydrogens is 270 g/mol. The number of nitro groups is 1. The number of benzene rings is 1. The summed E-state index contributed by atoms with van der Waals surface area (Å²) in [6.45, 7) is 2.07. The summed E-state index contributed by atoms with van der Waals surface area (Å²) in [4.78, 5) is 22.4. The monoisotopic (exact) mass is 291 g/mol. The molecule has 0 heterocycles. The van der Waals surface area contributed by atoms with Gasteiger partial charge in [0.05, 0.1) is 4.92 Å². The standard InChI is InChI=1S/C15H21N3O3/c1-11-9-12(5-6-13(11)18(20)21)14(19)17-10-15(16)7-3-2-4-8-15/h5-6,9H,2-4,7-8,10,16H2,1H3,(H,17,19). The zero-order chi connectivity index (χ0) is 15.5. The van der Waals surface area contributed by atoms with Crippen LogP contribution in [0.4, 0.5) is 5.69 Å². The van der Waals surface area contributed by atoms with E-state index >= 15 is 0 Å². The second-order valence-corrected chi connectivity index (χ2v) is 5.86. The van der Waals surface area contributed by atoms with E-state index in [0.29, 0.717) is 17.7 Å². The molecule has 0 unspecified atom stereocenters. The van der Waals surface area contributed by atoms with Crippen LogP contribution in [0.1, 0.15) is 48.0 Å². The maximum Gasteiger partial charge on any atom is 0.272 e. The molecule has 0 saturated heterocycles. The maximum atomic E-state index is 12.1. The molecule has 1 aromatic rings. The minimum absolute atomic E-state index is 0.0223. The van der Waals surface area contributed by atoms with Crippen molar-refractivity contribution in [2.45, 2.75) is 44.6 Å². The summed E-state index contributed by atoms with van der Waals surface area (Å²) in [5.74, 6) is -0.233. The molecule has 1 amide bonds. The van der Waals surface area contributed by atoms with Crippen LogP contribution in [-0.2, 0) is 0 Å². The van der Waals surface area contributed by atoms with Gasteiger partial charge in [-0.15, -0.1) is 0 Å². The molecule has 1 aromatic carbocycles. The number of nitrogens with two attached hydrogens (primary N) is 1. The van der Waals surface area contributed by atoms with E-state index in [4.69, 9.17) is 5.73 Å². The lowest BCUT2D eigenvalue weighted by Gasteiger charge is -2.33. The van der Waals surface area contributed by atoms with E-state index in [-0.39, 0.29) is 17.1 Å². The summed E-state index contributed by atoms with van der Waals surface area (Å²) in [5.41, 5.74) is 6.89. The van der Waals surface area contributed by atoms with E-state index in [0.717, 1.165) is 25.7 Å². The molecule has 0 bridgehead atoms. The largest absolute Gasteiger partial charge is 0.350 e. The highest BCUT2D eigenvalue weighted by Crippen LogP contribution is 2.25. The van der Waals surface area contributed by atoms with Crippen molar-refractivity contribution in [2.24, 2.45) is 5.73 Å². The molecule has 1 aliphatic rings. The first-order chi connectivity index (χ1) is 9.91. The predicted octanol–water partition coefficient (Wildman–Crippen LogP) is 2.29. The average Bonchev–Trinajstić information content (AvgIpc) is 2.45. The minimum atomic E-state index is -0.450. The zero-order valence-electron chi connectivity index (χ0n) is 12.2. The van der Waals surface area contributed by atoms with Crippen LogP contribution in [0, 0.1) is 17.0 Å². The molecular formula is C15H21N3O3. The Kier molecular flexibility index (Phi) is 4.57. The van der Waals surface area contributed by atoms with Crippen LogP contribution in [0.25, 0.3) is 0 Å². The van der Waals surface area contributed by atoms with Gasteiger partial charge < -0.3 is 11.1 Å². The van der Waals surface area contributed by atoms with E-state index in [2.05, 4.69) is 5.32 Å². The molecule has 1 aliphatic carbocycles. The highest BCUT2D eigenvalue weighted by atomic mass is 16.6. The van der Waals surface area contributed by atoms with E-state index in [9.17, 15) is 14.9 Å². The zero-order valence-corrected chi connectivity index (χ0v) is 12.2. The first-order valence-corrected chi connectivity index (χ1v) is 7.23. The number of carbonyl (C=O) groups is 1. The Morgan fingerprint density at radius 1 is 1.38 bits per heavy atom. The van der Waals surface area contributed by atoms with Gasteiger partial charge in [-0.25, -0.2) is 0 Å². The van der Waals surface area contributed by atoms with Crippen molar-refractivity contribution in [3.63, 3.8) is 0 Å². The van der Waals surface area contributed by atoms with Crippen molar-refractivity contribution >= 4 is 11.6 Å². The van der Waals surface area contributed by atoms with Gasteiger partial charge in [0.25, 0.3) is 11.6 Å². The first-order valence-electron chi connectivity index (χ1n) is 7.23. The Balaban J connectivity index is 2.00. The normalized spacial score (nSPS) is 17.2. The Bertz CT molecular complexity index is 551. The van der Waals surface area contributed by atoms with Crippen molar-refractivity contribution in [1.29, 1.82) is 0 Å². The lowest BCUT2D eigenvalue weighted by molar-refractivity contribution is -0.385. The number of amides is 1. The van der Waals surface area contributed by atoms with Crippen molar-refractivity contribution in [1.82, 2.24) is 5.32 Å². The van der Waals surface area contributed by atoms with E-state index in [1.165, 1.54) is 24.6 Å². The van der Waals surface area contributed by atoms with Gasteiger partial charge in [0.1, 0.15) is 0 Å². The number of hydrogen-bond acceptors (Lipinski definition) is 4. The van der Waals surface area contributed by atoms with E-state index in [1.807, 2.05) is 0 Å². The van der Waals surface area contributed by atoms with Crippen LogP contribution in [0.2, 0.25) is 0 Å². The Morgan fingerprint density at radius 2 is 2.05 bits per heavy atom. The summed E-state index contributed by atoms with van der Waals surface area (Å²) in [7, 11) is 0. The molecule has 1 fully saturated rings. The first kappa shape index (κ1) is 15.4. The highest BCUT2D eigenvalue weighted by Gasteiger charge is 2.28. The van der Waals surface area contributed by atoms with Gasteiger partial charge in [-0.2, -0.15) is 0 Å². The van der Waals surface area contributed by atoms with E-state index in [1.54, 1.807) is 6.92 Å². The van der Waals surface area contributed by atoms with Gasteiger partial charge in [0.15, 0.2) is 0 Å². The summed E-state index contributed by atoms with van der Waals surface area (Å²) >= 11 is 0. The fourth-order valence-electron chi connectivity index (χ4n) is 2.79. The molecule has 0 spiro atoms. The second-order valence-electron chi connectivity index (χ2n) is 5.86. The Morgan fingerprint density at radius 3 is 2.62 bits per heavy atom. The van der Waals surface area contributed by atoms with Gasteiger partial charge in [-0.1, -0.05) is 19.3 Å². The van der Waals surface area contributed by atoms with Crippen molar-refractivity contribution < 1.29 is 9.72 Å². The topological polar surface area (TPSA) is 98.3 Å². The van der Waals surface area contributed by atoms with Crippen molar-refractivity contribution in [3.05, 3.63) is 39.4 Å². The van der Waals surface area contributed by atoms with Crippen LogP contribution < -0.4 is 11.1 Å². The van der Waals surface area contributed by atoms with Gasteiger partial charge in [0.2, 0.25) is 0 Å². The lowest BCUT2D eigenvalue weighted by atomic mass is 9.82. The third-order valence-corrected chi connectivity index (χ3v) is 4.11. The maximum absolute atomic E-state index is 12.1.